The molecule has 32 heavy (non-hydrogen) atoms. The van der Waals surface area contributed by atoms with E-state index in [2.05, 4.69) is 10.6 Å². The average Bonchev–Trinajstić information content (AvgIpc) is 3.04. The maximum atomic E-state index is 12.9. The summed E-state index contributed by atoms with van der Waals surface area (Å²) >= 11 is 0. The highest BCUT2D eigenvalue weighted by Gasteiger charge is 2.44. The number of imide groups is 1. The van der Waals surface area contributed by atoms with Gasteiger partial charge in [-0.1, -0.05) is 18.9 Å². The Balaban J connectivity index is 1.35. The maximum Gasteiger partial charge on any atom is 0.329 e. The van der Waals surface area contributed by atoms with Gasteiger partial charge in [-0.05, 0) is 43.9 Å². The predicted molar refractivity (Wildman–Crippen MR) is 118 cm³/mol. The van der Waals surface area contributed by atoms with E-state index in [1.807, 2.05) is 0 Å². The number of carbonyl (C=O) groups excluding carboxylic acids is 4. The Bertz CT molecular complexity index is 935. The molecule has 4 rings (SSSR count). The molecule has 9 heteroatoms. The van der Waals surface area contributed by atoms with Gasteiger partial charge in [-0.3, -0.25) is 14.4 Å². The van der Waals surface area contributed by atoms with E-state index in [1.165, 1.54) is 6.92 Å². The third kappa shape index (κ3) is 4.48. The molecule has 2 heterocycles. The van der Waals surface area contributed by atoms with Crippen LogP contribution in [0, 0.1) is 5.92 Å². The lowest BCUT2D eigenvalue weighted by Gasteiger charge is -2.47. The fourth-order valence-electron chi connectivity index (χ4n) is 5.12. The molecule has 3 N–H and O–H groups in total. The molecule has 2 saturated heterocycles. The Hall–Kier alpha value is -2.94. The quantitative estimate of drug-likeness (QED) is 0.603. The Labute approximate surface area is 187 Å². The van der Waals surface area contributed by atoms with Crippen molar-refractivity contribution in [3.05, 3.63) is 24.3 Å². The largest absolute Gasteiger partial charge is 0.389 e. The number of piperidine rings is 1. The molecule has 2 aliphatic heterocycles. The SMILES string of the molecule is CC(=O)Nc1cccc(N2C(=O)N[C@@H](CCC(=O)N3CCC4(O)CCCCC4C3)C2=O)c1. The molecule has 0 radical (unpaired) electrons. The first-order valence-electron chi connectivity index (χ1n) is 11.3. The molecule has 0 spiro atoms. The van der Waals surface area contributed by atoms with Crippen molar-refractivity contribution in [1.29, 1.82) is 0 Å². The van der Waals surface area contributed by atoms with Gasteiger partial charge in [0.05, 0.1) is 11.3 Å². The van der Waals surface area contributed by atoms with Crippen LogP contribution in [-0.4, -0.2) is 58.5 Å². The van der Waals surface area contributed by atoms with Crippen LogP contribution in [0.25, 0.3) is 0 Å². The summed E-state index contributed by atoms with van der Waals surface area (Å²) in [4.78, 5) is 52.2. The molecule has 3 fully saturated rings. The van der Waals surface area contributed by atoms with Crippen LogP contribution in [0.4, 0.5) is 16.2 Å². The number of anilines is 2. The first-order valence-corrected chi connectivity index (χ1v) is 11.3. The predicted octanol–water partition coefficient (Wildman–Crippen LogP) is 2.00. The van der Waals surface area contributed by atoms with Crippen LogP contribution in [0.1, 0.15) is 51.9 Å². The first kappa shape index (κ1) is 22.3. The first-order chi connectivity index (χ1) is 15.3. The van der Waals surface area contributed by atoms with Gasteiger partial charge in [0.1, 0.15) is 6.04 Å². The van der Waals surface area contributed by atoms with Crippen LogP contribution < -0.4 is 15.5 Å². The number of hydrogen-bond acceptors (Lipinski definition) is 5. The molecule has 2 unspecified atom stereocenters. The molecule has 3 aliphatic rings. The van der Waals surface area contributed by atoms with Crippen molar-refractivity contribution in [3.63, 3.8) is 0 Å². The number of nitrogens with one attached hydrogen (secondary N) is 2. The van der Waals surface area contributed by atoms with Gasteiger partial charge >= 0.3 is 6.03 Å². The fraction of sp³-hybridized carbons (Fsp3) is 0.565. The second kappa shape index (κ2) is 8.90. The van der Waals surface area contributed by atoms with Gasteiger partial charge in [0.2, 0.25) is 11.8 Å². The number of likely N-dealkylation sites (tertiary alicyclic amines) is 1. The number of benzene rings is 1. The highest BCUT2D eigenvalue weighted by atomic mass is 16.3. The van der Waals surface area contributed by atoms with Gasteiger partial charge in [0.15, 0.2) is 0 Å². The number of rotatable bonds is 5. The lowest BCUT2D eigenvalue weighted by molar-refractivity contribution is -0.143. The van der Waals surface area contributed by atoms with Crippen molar-refractivity contribution in [2.45, 2.75) is 63.5 Å². The molecular weight excluding hydrogens is 412 g/mol. The second-order valence-corrected chi connectivity index (χ2v) is 9.08. The van der Waals surface area contributed by atoms with Gasteiger partial charge in [0, 0.05) is 38.0 Å². The molecule has 1 aromatic carbocycles. The number of urea groups is 1. The highest BCUT2D eigenvalue weighted by molar-refractivity contribution is 6.21. The van der Waals surface area contributed by atoms with Crippen LogP contribution in [0.3, 0.4) is 0 Å². The van der Waals surface area contributed by atoms with E-state index in [0.717, 1.165) is 30.6 Å². The summed E-state index contributed by atoms with van der Waals surface area (Å²) in [7, 11) is 0. The molecule has 1 aromatic rings. The van der Waals surface area contributed by atoms with E-state index in [4.69, 9.17) is 0 Å². The zero-order chi connectivity index (χ0) is 22.9. The van der Waals surface area contributed by atoms with Crippen LogP contribution in [0.5, 0.6) is 0 Å². The van der Waals surface area contributed by atoms with Gasteiger partial charge < -0.3 is 20.6 Å². The van der Waals surface area contributed by atoms with E-state index in [-0.39, 0.29) is 30.6 Å². The van der Waals surface area contributed by atoms with Gasteiger partial charge in [-0.2, -0.15) is 0 Å². The molecule has 0 aromatic heterocycles. The molecule has 9 nitrogen and oxygen atoms in total. The number of aliphatic hydroxyl groups is 1. The minimum atomic E-state index is -0.771. The minimum Gasteiger partial charge on any atom is -0.389 e. The lowest BCUT2D eigenvalue weighted by Crippen LogP contribution is -2.54. The standard InChI is InChI=1S/C23H30N4O5/c1-15(28)24-17-6-4-7-18(13-17)27-21(30)19(25-22(27)31)8-9-20(29)26-12-11-23(32)10-3-2-5-16(23)14-26/h4,6-7,13,16,19,32H,2-3,5,8-12,14H2,1H3,(H,24,28)(H,25,31)/t16?,19-,23?/m0/s1. The Kier molecular flexibility index (Phi) is 6.19. The highest BCUT2D eigenvalue weighted by Crippen LogP contribution is 2.40. The van der Waals surface area contributed by atoms with E-state index >= 15 is 0 Å². The summed E-state index contributed by atoms with van der Waals surface area (Å²) in [5, 5.41) is 16.1. The molecule has 1 saturated carbocycles. The number of fused-ring (bicyclic) bond motifs is 1. The number of nitrogens with zero attached hydrogens (tertiary/aromatic N) is 2. The zero-order valence-electron chi connectivity index (χ0n) is 18.3. The van der Waals surface area contributed by atoms with E-state index < -0.39 is 23.6 Å². The molecule has 172 valence electrons. The lowest BCUT2D eigenvalue weighted by atomic mass is 9.71. The van der Waals surface area contributed by atoms with E-state index in [1.54, 1.807) is 29.2 Å². The van der Waals surface area contributed by atoms with Crippen molar-refractivity contribution in [2.75, 3.05) is 23.3 Å². The van der Waals surface area contributed by atoms with Crippen molar-refractivity contribution >= 4 is 35.1 Å². The van der Waals surface area contributed by atoms with Crippen molar-refractivity contribution in [1.82, 2.24) is 10.2 Å². The van der Waals surface area contributed by atoms with Crippen molar-refractivity contribution in [2.24, 2.45) is 5.92 Å². The van der Waals surface area contributed by atoms with Gasteiger partial charge in [-0.25, -0.2) is 9.69 Å². The summed E-state index contributed by atoms with van der Waals surface area (Å²) in [5.41, 5.74) is 0.207. The Morgan fingerprint density at radius 2 is 2.06 bits per heavy atom. The summed E-state index contributed by atoms with van der Waals surface area (Å²) in [5.74, 6) is -0.595. The summed E-state index contributed by atoms with van der Waals surface area (Å²) in [6.07, 6.45) is 4.83. The topological polar surface area (TPSA) is 119 Å². The Morgan fingerprint density at radius 1 is 1.25 bits per heavy atom. The average molecular weight is 443 g/mol. The molecule has 1 aliphatic carbocycles. The summed E-state index contributed by atoms with van der Waals surface area (Å²) in [6, 6.07) is 5.19. The Morgan fingerprint density at radius 3 is 2.84 bits per heavy atom. The summed E-state index contributed by atoms with van der Waals surface area (Å²) in [6.45, 7) is 2.46. The smallest absolute Gasteiger partial charge is 0.329 e. The third-order valence-corrected chi connectivity index (χ3v) is 6.87. The molecule has 5 amide bonds. The molecule has 3 atom stereocenters. The second-order valence-electron chi connectivity index (χ2n) is 9.08. The number of carbonyl (C=O) groups is 4. The molecule has 0 bridgehead atoms. The van der Waals surface area contributed by atoms with Gasteiger partial charge in [0.25, 0.3) is 5.91 Å². The maximum absolute atomic E-state index is 12.9. The third-order valence-electron chi connectivity index (χ3n) is 6.87. The van der Waals surface area contributed by atoms with Crippen LogP contribution in [-0.2, 0) is 14.4 Å². The fourth-order valence-corrected chi connectivity index (χ4v) is 5.12. The normalized spacial score (nSPS) is 27.7. The van der Waals surface area contributed by atoms with Crippen LogP contribution >= 0.6 is 0 Å². The van der Waals surface area contributed by atoms with Gasteiger partial charge in [-0.15, -0.1) is 0 Å². The minimum absolute atomic E-state index is 0.0502. The van der Waals surface area contributed by atoms with Crippen molar-refractivity contribution in [3.8, 4) is 0 Å². The number of hydrogen-bond donors (Lipinski definition) is 3. The molecular formula is C23H30N4O5. The van der Waals surface area contributed by atoms with E-state index in [0.29, 0.717) is 30.9 Å². The summed E-state index contributed by atoms with van der Waals surface area (Å²) < 4.78 is 0. The van der Waals surface area contributed by atoms with Crippen LogP contribution in [0.15, 0.2) is 24.3 Å². The number of amides is 5. The zero-order valence-corrected chi connectivity index (χ0v) is 18.3. The monoisotopic (exact) mass is 442 g/mol. The van der Waals surface area contributed by atoms with Crippen molar-refractivity contribution < 1.29 is 24.3 Å². The van der Waals surface area contributed by atoms with E-state index in [9.17, 15) is 24.3 Å². The van der Waals surface area contributed by atoms with Crippen LogP contribution in [0.2, 0.25) is 0 Å².